The molecule has 15 heavy (non-hydrogen) atoms. The van der Waals surface area contributed by atoms with Crippen molar-refractivity contribution in [2.75, 3.05) is 7.11 Å². The predicted octanol–water partition coefficient (Wildman–Crippen LogP) is 1.67. The van der Waals surface area contributed by atoms with Gasteiger partial charge in [-0.05, 0) is 17.7 Å². The van der Waals surface area contributed by atoms with Crippen LogP contribution in [0.25, 0.3) is 0 Å². The summed E-state index contributed by atoms with van der Waals surface area (Å²) in [7, 11) is 1.56. The summed E-state index contributed by atoms with van der Waals surface area (Å²) < 4.78 is 9.59. The zero-order valence-electron chi connectivity index (χ0n) is 8.10. The molecule has 1 amide bonds. The maximum absolute atomic E-state index is 10.7. The summed E-state index contributed by atoms with van der Waals surface area (Å²) in [6.45, 7) is 0.0635. The second kappa shape index (κ2) is 5.57. The first kappa shape index (κ1) is 10.9. The lowest BCUT2D eigenvalue weighted by Gasteiger charge is -2.02. The molecule has 0 aliphatic heterocycles. The van der Waals surface area contributed by atoms with Crippen molar-refractivity contribution in [1.29, 1.82) is 0 Å². The molecule has 78 valence electrons. The third-order valence-corrected chi connectivity index (χ3v) is 1.66. The Morgan fingerprint density at radius 2 is 2.07 bits per heavy atom. The molecule has 0 atom stereocenters. The molecule has 0 saturated heterocycles. The highest BCUT2D eigenvalue weighted by atomic mass is 16.5. The van der Waals surface area contributed by atoms with Crippen LogP contribution in [-0.2, 0) is 16.1 Å². The summed E-state index contributed by atoms with van der Waals surface area (Å²) in [5, 5.41) is 0. The number of aliphatic imine (C=N–C) groups is 1. The zero-order chi connectivity index (χ0) is 11.1. The predicted molar refractivity (Wildman–Crippen MR) is 51.3 cm³/mol. The first-order valence-corrected chi connectivity index (χ1v) is 4.14. The fourth-order valence-electron chi connectivity index (χ4n) is 0.936. The summed E-state index contributed by atoms with van der Waals surface area (Å²) in [5.41, 5.74) is 0.783. The minimum absolute atomic E-state index is 0.0635. The normalized spacial score (nSPS) is 8.87. The van der Waals surface area contributed by atoms with Crippen molar-refractivity contribution in [2.45, 2.75) is 6.61 Å². The molecule has 0 saturated carbocycles. The van der Waals surface area contributed by atoms with Crippen molar-refractivity contribution in [3.63, 3.8) is 0 Å². The number of isocyanates is 1. The molecule has 1 aromatic rings. The number of methoxy groups -OCH3 is 1. The number of hydrogen-bond donors (Lipinski definition) is 0. The first-order valence-electron chi connectivity index (χ1n) is 4.14. The fourth-order valence-corrected chi connectivity index (χ4v) is 0.936. The minimum Gasteiger partial charge on any atom is -0.497 e. The molecule has 0 heterocycles. The van der Waals surface area contributed by atoms with E-state index in [0.29, 0.717) is 0 Å². The highest BCUT2D eigenvalue weighted by Crippen LogP contribution is 2.11. The standard InChI is InChI=1S/C10H9NO4/c1-14-9-4-2-8(3-5-9)6-15-10(13)11-7-12/h2-5H,6H2,1H3. The fraction of sp³-hybridized carbons (Fsp3) is 0.200. The van der Waals surface area contributed by atoms with Gasteiger partial charge in [-0.2, -0.15) is 0 Å². The van der Waals surface area contributed by atoms with Crippen LogP contribution in [0.2, 0.25) is 0 Å². The maximum atomic E-state index is 10.7. The molecule has 0 spiro atoms. The summed E-state index contributed by atoms with van der Waals surface area (Å²) >= 11 is 0. The van der Waals surface area contributed by atoms with E-state index < -0.39 is 6.09 Å². The van der Waals surface area contributed by atoms with E-state index in [1.54, 1.807) is 31.4 Å². The van der Waals surface area contributed by atoms with E-state index in [1.165, 1.54) is 0 Å². The molecule has 0 bridgehead atoms. The largest absolute Gasteiger partial charge is 0.497 e. The Bertz CT molecular complexity index is 379. The van der Waals surface area contributed by atoms with Crippen molar-refractivity contribution in [3.05, 3.63) is 29.8 Å². The summed E-state index contributed by atoms with van der Waals surface area (Å²) in [6.07, 6.45) is 0.159. The Morgan fingerprint density at radius 3 is 2.60 bits per heavy atom. The number of rotatable bonds is 3. The number of amides is 1. The second-order valence-electron chi connectivity index (χ2n) is 2.61. The van der Waals surface area contributed by atoms with E-state index in [0.717, 1.165) is 17.4 Å². The Hall–Kier alpha value is -2.13. The summed E-state index contributed by atoms with van der Waals surface area (Å²) in [5.74, 6) is 0.719. The van der Waals surface area contributed by atoms with E-state index >= 15 is 0 Å². The molecule has 0 aromatic heterocycles. The van der Waals surface area contributed by atoms with Gasteiger partial charge in [-0.3, -0.25) is 0 Å². The average Bonchev–Trinajstić information content (AvgIpc) is 2.27. The van der Waals surface area contributed by atoms with Crippen molar-refractivity contribution in [3.8, 4) is 5.75 Å². The molecule has 1 rings (SSSR count). The molecule has 0 unspecified atom stereocenters. The van der Waals surface area contributed by atoms with Gasteiger partial charge in [0.2, 0.25) is 6.08 Å². The van der Waals surface area contributed by atoms with Crippen LogP contribution in [0.15, 0.2) is 29.3 Å². The van der Waals surface area contributed by atoms with Gasteiger partial charge in [0.15, 0.2) is 0 Å². The number of hydrogen-bond acceptors (Lipinski definition) is 4. The lowest BCUT2D eigenvalue weighted by atomic mass is 10.2. The topological polar surface area (TPSA) is 65.0 Å². The molecule has 0 aliphatic rings. The van der Waals surface area contributed by atoms with Gasteiger partial charge in [0.05, 0.1) is 7.11 Å². The van der Waals surface area contributed by atoms with Gasteiger partial charge in [0.25, 0.3) is 0 Å². The van der Waals surface area contributed by atoms with Gasteiger partial charge < -0.3 is 9.47 Å². The van der Waals surface area contributed by atoms with Crippen LogP contribution in [0.4, 0.5) is 4.79 Å². The average molecular weight is 207 g/mol. The van der Waals surface area contributed by atoms with E-state index in [2.05, 4.69) is 9.73 Å². The Morgan fingerprint density at radius 1 is 1.40 bits per heavy atom. The third-order valence-electron chi connectivity index (χ3n) is 1.66. The molecular formula is C10H9NO4. The number of carbonyl (C=O) groups is 1. The van der Waals surface area contributed by atoms with Gasteiger partial charge in [-0.25, -0.2) is 9.59 Å². The molecule has 5 heteroatoms. The van der Waals surface area contributed by atoms with Crippen molar-refractivity contribution in [2.24, 2.45) is 4.99 Å². The van der Waals surface area contributed by atoms with Crippen molar-refractivity contribution < 1.29 is 19.1 Å². The molecule has 1 aromatic carbocycles. The Kier molecular flexibility index (Phi) is 4.06. The number of carbonyl (C=O) groups excluding carboxylic acids is 2. The van der Waals surface area contributed by atoms with Crippen LogP contribution in [0.1, 0.15) is 5.56 Å². The molecule has 0 fully saturated rings. The van der Waals surface area contributed by atoms with Gasteiger partial charge in [-0.1, -0.05) is 17.1 Å². The second-order valence-corrected chi connectivity index (χ2v) is 2.61. The highest BCUT2D eigenvalue weighted by molar-refractivity contribution is 5.74. The SMILES string of the molecule is COc1ccc(COC(=O)N=C=O)cc1. The lowest BCUT2D eigenvalue weighted by Crippen LogP contribution is -1.98. The summed E-state index contributed by atoms with van der Waals surface area (Å²) in [6, 6.07) is 6.98. The minimum atomic E-state index is -0.944. The Balaban J connectivity index is 2.51. The van der Waals surface area contributed by atoms with E-state index in [1.807, 2.05) is 0 Å². The number of ether oxygens (including phenoxy) is 2. The van der Waals surface area contributed by atoms with Gasteiger partial charge in [0, 0.05) is 0 Å². The van der Waals surface area contributed by atoms with Crippen molar-refractivity contribution >= 4 is 12.2 Å². The van der Waals surface area contributed by atoms with E-state index in [9.17, 15) is 9.59 Å². The van der Waals surface area contributed by atoms with Crippen LogP contribution >= 0.6 is 0 Å². The van der Waals surface area contributed by atoms with Crippen molar-refractivity contribution in [1.82, 2.24) is 0 Å². The van der Waals surface area contributed by atoms with Crippen LogP contribution in [0, 0.1) is 0 Å². The molecule has 0 N–H and O–H groups in total. The van der Waals surface area contributed by atoms with Gasteiger partial charge >= 0.3 is 6.09 Å². The molecule has 0 aliphatic carbocycles. The van der Waals surface area contributed by atoms with E-state index in [-0.39, 0.29) is 6.61 Å². The third kappa shape index (κ3) is 3.62. The number of nitrogens with zero attached hydrogens (tertiary/aromatic N) is 1. The van der Waals surface area contributed by atoms with Gasteiger partial charge in [0.1, 0.15) is 12.4 Å². The monoisotopic (exact) mass is 207 g/mol. The lowest BCUT2D eigenvalue weighted by molar-refractivity contribution is 0.151. The first-order chi connectivity index (χ1) is 7.26. The summed E-state index contributed by atoms with van der Waals surface area (Å²) in [4.78, 5) is 23.1. The van der Waals surface area contributed by atoms with Crippen LogP contribution < -0.4 is 4.74 Å². The smallest absolute Gasteiger partial charge is 0.444 e. The zero-order valence-corrected chi connectivity index (χ0v) is 8.10. The Labute approximate surface area is 86.3 Å². The van der Waals surface area contributed by atoms with Crippen LogP contribution in [-0.4, -0.2) is 19.3 Å². The van der Waals surface area contributed by atoms with Gasteiger partial charge in [-0.15, -0.1) is 0 Å². The van der Waals surface area contributed by atoms with Crippen LogP contribution in [0.3, 0.4) is 0 Å². The quantitative estimate of drug-likeness (QED) is 0.558. The van der Waals surface area contributed by atoms with Crippen LogP contribution in [0.5, 0.6) is 5.75 Å². The van der Waals surface area contributed by atoms with E-state index in [4.69, 9.17) is 4.74 Å². The highest BCUT2D eigenvalue weighted by Gasteiger charge is 2.00. The number of benzene rings is 1. The molecule has 0 radical (unpaired) electrons. The maximum Gasteiger partial charge on any atom is 0.444 e. The molecule has 5 nitrogen and oxygen atoms in total. The molecular weight excluding hydrogens is 198 g/mol.